The summed E-state index contributed by atoms with van der Waals surface area (Å²) < 4.78 is 1.93. The Morgan fingerprint density at radius 1 is 1.57 bits per heavy atom. The van der Waals surface area contributed by atoms with Gasteiger partial charge in [0.2, 0.25) is 0 Å². The van der Waals surface area contributed by atoms with E-state index in [2.05, 4.69) is 15.5 Å². The van der Waals surface area contributed by atoms with Crippen LogP contribution in [0.15, 0.2) is 18.5 Å². The van der Waals surface area contributed by atoms with E-state index in [9.17, 15) is 0 Å². The third-order valence-corrected chi connectivity index (χ3v) is 2.03. The number of rotatable bonds is 6. The van der Waals surface area contributed by atoms with Crippen molar-refractivity contribution in [3.63, 3.8) is 0 Å². The molecular weight excluding hydrogens is 200 g/mol. The van der Waals surface area contributed by atoms with E-state index in [0.29, 0.717) is 5.88 Å². The Morgan fingerprint density at radius 3 is 3.07 bits per heavy atom. The fourth-order valence-corrected chi connectivity index (χ4v) is 1.19. The number of hydrogen-bond donors (Lipinski definition) is 1. The number of halogens is 1. The lowest BCUT2D eigenvalue weighted by molar-refractivity contribution is 0.691. The average Bonchev–Trinajstić information content (AvgIpc) is 2.58. The Morgan fingerprint density at radius 2 is 2.43 bits per heavy atom. The summed E-state index contributed by atoms with van der Waals surface area (Å²) in [6, 6.07) is 0. The highest BCUT2D eigenvalue weighted by molar-refractivity contribution is 6.18. The van der Waals surface area contributed by atoms with Gasteiger partial charge in [-0.1, -0.05) is 12.2 Å². The molecule has 1 rings (SSSR count). The van der Waals surface area contributed by atoms with E-state index in [0.717, 1.165) is 25.3 Å². The minimum Gasteiger partial charge on any atom is -0.321 e. The second kappa shape index (κ2) is 6.56. The van der Waals surface area contributed by atoms with Gasteiger partial charge in [-0.25, -0.2) is 0 Å². The Kier molecular flexibility index (Phi) is 5.25. The van der Waals surface area contributed by atoms with Crippen LogP contribution in [0.5, 0.6) is 0 Å². The van der Waals surface area contributed by atoms with Crippen LogP contribution in [-0.4, -0.2) is 33.7 Å². The van der Waals surface area contributed by atoms with Crippen LogP contribution in [0.3, 0.4) is 0 Å². The molecule has 0 saturated carbocycles. The van der Waals surface area contributed by atoms with Gasteiger partial charge in [-0.2, -0.15) is 0 Å². The van der Waals surface area contributed by atoms with Crippen molar-refractivity contribution in [1.29, 1.82) is 0 Å². The molecule has 0 aliphatic carbocycles. The van der Waals surface area contributed by atoms with Gasteiger partial charge in [0.15, 0.2) is 0 Å². The molecule has 0 aromatic carbocycles. The molecule has 14 heavy (non-hydrogen) atoms. The van der Waals surface area contributed by atoms with Crippen LogP contribution < -0.4 is 5.32 Å². The van der Waals surface area contributed by atoms with Crippen LogP contribution in [0.25, 0.3) is 0 Å². The molecule has 0 aliphatic rings. The number of hydrogen-bond acceptors (Lipinski definition) is 3. The summed E-state index contributed by atoms with van der Waals surface area (Å²) in [5.41, 5.74) is 0. The Hall–Kier alpha value is -0.870. The van der Waals surface area contributed by atoms with Gasteiger partial charge in [0, 0.05) is 32.4 Å². The van der Waals surface area contributed by atoms with E-state index < -0.39 is 0 Å². The number of nitrogens with one attached hydrogen (secondary N) is 1. The molecule has 0 bridgehead atoms. The lowest BCUT2D eigenvalue weighted by Crippen LogP contribution is -2.18. The molecule has 0 radical (unpaired) electrons. The first-order valence-corrected chi connectivity index (χ1v) is 5.12. The number of aryl methyl sites for hydroxylation is 1. The smallest absolute Gasteiger partial charge is 0.133 e. The minimum absolute atomic E-state index is 0.574. The van der Waals surface area contributed by atoms with Gasteiger partial charge in [0.25, 0.3) is 0 Å². The summed E-state index contributed by atoms with van der Waals surface area (Å²) in [7, 11) is 1.95. The zero-order valence-corrected chi connectivity index (χ0v) is 9.04. The second-order valence-corrected chi connectivity index (χ2v) is 3.25. The van der Waals surface area contributed by atoms with Crippen molar-refractivity contribution in [3.05, 3.63) is 24.3 Å². The van der Waals surface area contributed by atoms with Gasteiger partial charge >= 0.3 is 0 Å². The first-order chi connectivity index (χ1) is 6.84. The molecule has 4 nitrogen and oxygen atoms in total. The van der Waals surface area contributed by atoms with Gasteiger partial charge in [0.1, 0.15) is 12.2 Å². The SMILES string of the molecule is Cn1cnnc1CCNC/C=C/CCl. The lowest BCUT2D eigenvalue weighted by Gasteiger charge is -2.00. The summed E-state index contributed by atoms with van der Waals surface area (Å²) in [5, 5.41) is 11.0. The van der Waals surface area contributed by atoms with Gasteiger partial charge in [-0.3, -0.25) is 0 Å². The molecule has 0 saturated heterocycles. The molecular formula is C9H15ClN4. The quantitative estimate of drug-likeness (QED) is 0.432. The normalized spacial score (nSPS) is 11.3. The molecule has 0 amide bonds. The average molecular weight is 215 g/mol. The van der Waals surface area contributed by atoms with Gasteiger partial charge in [-0.05, 0) is 0 Å². The zero-order chi connectivity index (χ0) is 10.2. The molecule has 0 aliphatic heterocycles. The number of allylic oxidation sites excluding steroid dienone is 1. The first-order valence-electron chi connectivity index (χ1n) is 4.59. The lowest BCUT2D eigenvalue weighted by atomic mass is 10.4. The maximum absolute atomic E-state index is 5.48. The molecule has 5 heteroatoms. The maximum Gasteiger partial charge on any atom is 0.133 e. The molecule has 1 heterocycles. The van der Waals surface area contributed by atoms with Crippen LogP contribution in [-0.2, 0) is 13.5 Å². The molecule has 0 atom stereocenters. The van der Waals surface area contributed by atoms with Crippen LogP contribution in [0.1, 0.15) is 5.82 Å². The van der Waals surface area contributed by atoms with E-state index in [1.54, 1.807) is 6.33 Å². The Labute approximate surface area is 89.0 Å². The predicted molar refractivity (Wildman–Crippen MR) is 57.4 cm³/mol. The van der Waals surface area contributed by atoms with Crippen molar-refractivity contribution >= 4 is 11.6 Å². The zero-order valence-electron chi connectivity index (χ0n) is 8.28. The predicted octanol–water partition coefficient (Wildman–Crippen LogP) is 0.742. The van der Waals surface area contributed by atoms with Crippen LogP contribution in [0.4, 0.5) is 0 Å². The van der Waals surface area contributed by atoms with E-state index in [1.807, 2.05) is 23.8 Å². The summed E-state index contributed by atoms with van der Waals surface area (Å²) in [6.45, 7) is 1.75. The third kappa shape index (κ3) is 3.89. The van der Waals surface area contributed by atoms with Gasteiger partial charge in [0.05, 0.1) is 0 Å². The summed E-state index contributed by atoms with van der Waals surface area (Å²) in [6.07, 6.45) is 6.55. The highest BCUT2D eigenvalue weighted by Gasteiger charge is 1.97. The second-order valence-electron chi connectivity index (χ2n) is 2.94. The minimum atomic E-state index is 0.574. The number of alkyl halides is 1. The van der Waals surface area contributed by atoms with Crippen molar-refractivity contribution in [1.82, 2.24) is 20.1 Å². The largest absolute Gasteiger partial charge is 0.321 e. The maximum atomic E-state index is 5.48. The van der Waals surface area contributed by atoms with Crippen molar-refractivity contribution < 1.29 is 0 Å². The monoisotopic (exact) mass is 214 g/mol. The third-order valence-electron chi connectivity index (χ3n) is 1.85. The van der Waals surface area contributed by atoms with Crippen molar-refractivity contribution in [2.75, 3.05) is 19.0 Å². The first kappa shape index (κ1) is 11.2. The Bertz CT molecular complexity index is 282. The standard InChI is InChI=1S/C9H15ClN4/c1-14-8-12-13-9(14)4-7-11-6-3-2-5-10/h2-3,8,11H,4-7H2,1H3/b3-2+. The molecule has 1 aromatic rings. The molecule has 78 valence electrons. The number of aromatic nitrogens is 3. The van der Waals surface area contributed by atoms with E-state index >= 15 is 0 Å². The molecule has 0 spiro atoms. The van der Waals surface area contributed by atoms with Gasteiger partial charge < -0.3 is 9.88 Å². The fraction of sp³-hybridized carbons (Fsp3) is 0.556. The highest BCUT2D eigenvalue weighted by atomic mass is 35.5. The Balaban J connectivity index is 2.10. The molecule has 0 fully saturated rings. The van der Waals surface area contributed by atoms with Crippen molar-refractivity contribution in [3.8, 4) is 0 Å². The van der Waals surface area contributed by atoms with Crippen molar-refractivity contribution in [2.45, 2.75) is 6.42 Å². The molecule has 1 aromatic heterocycles. The topological polar surface area (TPSA) is 42.7 Å². The van der Waals surface area contributed by atoms with Crippen LogP contribution in [0.2, 0.25) is 0 Å². The summed E-state index contributed by atoms with van der Waals surface area (Å²) >= 11 is 5.48. The van der Waals surface area contributed by atoms with E-state index in [-0.39, 0.29) is 0 Å². The highest BCUT2D eigenvalue weighted by Crippen LogP contribution is 1.90. The summed E-state index contributed by atoms with van der Waals surface area (Å²) in [5.74, 6) is 1.57. The van der Waals surface area contributed by atoms with Crippen LogP contribution >= 0.6 is 11.6 Å². The van der Waals surface area contributed by atoms with E-state index in [4.69, 9.17) is 11.6 Å². The number of nitrogens with zero attached hydrogens (tertiary/aromatic N) is 3. The molecule has 1 N–H and O–H groups in total. The van der Waals surface area contributed by atoms with Crippen molar-refractivity contribution in [2.24, 2.45) is 7.05 Å². The summed E-state index contributed by atoms with van der Waals surface area (Å²) in [4.78, 5) is 0. The van der Waals surface area contributed by atoms with E-state index in [1.165, 1.54) is 0 Å². The molecule has 0 unspecified atom stereocenters. The van der Waals surface area contributed by atoms with Gasteiger partial charge in [-0.15, -0.1) is 21.8 Å². The van der Waals surface area contributed by atoms with Crippen LogP contribution in [0, 0.1) is 0 Å². The fourth-order valence-electron chi connectivity index (χ4n) is 1.07.